The minimum absolute atomic E-state index is 0.290. The smallest absolute Gasteiger partial charge is 0.338 e. The zero-order valence-electron chi connectivity index (χ0n) is 12.6. The van der Waals surface area contributed by atoms with Crippen LogP contribution in [0.4, 0.5) is 0 Å². The first kappa shape index (κ1) is 17.0. The second-order valence-electron chi connectivity index (χ2n) is 5.67. The van der Waals surface area contributed by atoms with Crippen LogP contribution in [-0.4, -0.2) is 19.2 Å². The van der Waals surface area contributed by atoms with Gasteiger partial charge in [0.05, 0.1) is 23.2 Å². The summed E-state index contributed by atoms with van der Waals surface area (Å²) in [4.78, 5) is 11.9. The van der Waals surface area contributed by atoms with Gasteiger partial charge < -0.3 is 9.47 Å². The highest BCUT2D eigenvalue weighted by Crippen LogP contribution is 2.26. The maximum absolute atomic E-state index is 11.9. The Morgan fingerprint density at radius 2 is 1.90 bits per heavy atom. The Kier molecular flexibility index (Phi) is 7.06. The van der Waals surface area contributed by atoms with Gasteiger partial charge in [-0.15, -0.1) is 0 Å². The lowest BCUT2D eigenvalue weighted by molar-refractivity contribution is 0.0488. The third kappa shape index (κ3) is 5.95. The molecule has 0 aliphatic rings. The molecule has 1 rings (SSSR count). The van der Waals surface area contributed by atoms with Gasteiger partial charge in [-0.25, -0.2) is 4.79 Å². The van der Waals surface area contributed by atoms with Crippen molar-refractivity contribution in [3.05, 3.63) is 28.2 Å². The third-order valence-corrected chi connectivity index (χ3v) is 3.29. The first-order valence-electron chi connectivity index (χ1n) is 6.99. The summed E-state index contributed by atoms with van der Waals surface area (Å²) >= 11 is 3.42. The van der Waals surface area contributed by atoms with Gasteiger partial charge in [0, 0.05) is 0 Å². The van der Waals surface area contributed by atoms with Gasteiger partial charge in [-0.05, 0) is 52.4 Å². The molecule has 0 aliphatic heterocycles. The number of hydrogen-bond donors (Lipinski definition) is 0. The fraction of sp³-hybridized carbons (Fsp3) is 0.562. The van der Waals surface area contributed by atoms with Crippen molar-refractivity contribution in [2.45, 2.75) is 34.1 Å². The Hall–Kier alpha value is -1.03. The normalized spacial score (nSPS) is 10.9. The van der Waals surface area contributed by atoms with Crippen LogP contribution >= 0.6 is 15.9 Å². The second kappa shape index (κ2) is 8.30. The van der Waals surface area contributed by atoms with Crippen LogP contribution in [0.3, 0.4) is 0 Å². The van der Waals surface area contributed by atoms with E-state index in [1.807, 2.05) is 0 Å². The van der Waals surface area contributed by atoms with Gasteiger partial charge in [0.2, 0.25) is 0 Å². The fourth-order valence-corrected chi connectivity index (χ4v) is 1.97. The summed E-state index contributed by atoms with van der Waals surface area (Å²) in [5.41, 5.74) is 0.539. The monoisotopic (exact) mass is 342 g/mol. The highest BCUT2D eigenvalue weighted by atomic mass is 79.9. The van der Waals surface area contributed by atoms with Crippen molar-refractivity contribution >= 4 is 21.9 Å². The quantitative estimate of drug-likeness (QED) is 0.674. The van der Waals surface area contributed by atoms with E-state index in [-0.39, 0.29) is 5.97 Å². The van der Waals surface area contributed by atoms with Crippen LogP contribution in [0.15, 0.2) is 22.7 Å². The lowest BCUT2D eigenvalue weighted by Gasteiger charge is -2.11. The van der Waals surface area contributed by atoms with Gasteiger partial charge >= 0.3 is 5.97 Å². The molecular weight excluding hydrogens is 320 g/mol. The maximum Gasteiger partial charge on any atom is 0.338 e. The van der Waals surface area contributed by atoms with Crippen LogP contribution in [-0.2, 0) is 4.74 Å². The summed E-state index contributed by atoms with van der Waals surface area (Å²) in [5.74, 6) is 1.45. The summed E-state index contributed by atoms with van der Waals surface area (Å²) in [5, 5.41) is 0. The molecule has 0 spiro atoms. The highest BCUT2D eigenvalue weighted by molar-refractivity contribution is 9.10. The molecule has 20 heavy (non-hydrogen) atoms. The number of esters is 1. The van der Waals surface area contributed by atoms with Crippen molar-refractivity contribution in [2.75, 3.05) is 13.2 Å². The van der Waals surface area contributed by atoms with Crippen LogP contribution in [0.25, 0.3) is 0 Å². The Bertz CT molecular complexity index is 441. The van der Waals surface area contributed by atoms with E-state index in [0.717, 1.165) is 16.6 Å². The van der Waals surface area contributed by atoms with Crippen LogP contribution in [0, 0.1) is 11.8 Å². The van der Waals surface area contributed by atoms with Crippen LogP contribution < -0.4 is 4.74 Å². The van der Waals surface area contributed by atoms with Crippen molar-refractivity contribution in [2.24, 2.45) is 11.8 Å². The largest absolute Gasteiger partial charge is 0.492 e. The van der Waals surface area contributed by atoms with Crippen molar-refractivity contribution in [3.63, 3.8) is 0 Å². The lowest BCUT2D eigenvalue weighted by atomic mass is 10.1. The zero-order chi connectivity index (χ0) is 15.1. The van der Waals surface area contributed by atoms with E-state index < -0.39 is 0 Å². The van der Waals surface area contributed by atoms with Gasteiger partial charge in [-0.3, -0.25) is 0 Å². The molecule has 0 aromatic heterocycles. The summed E-state index contributed by atoms with van der Waals surface area (Å²) in [6.07, 6.45) is 0.877. The molecular formula is C16H23BrO3. The first-order chi connectivity index (χ1) is 9.40. The Morgan fingerprint density at radius 1 is 1.20 bits per heavy atom. The standard InChI is InChI=1S/C16H23BrO3/c1-11(2)7-8-19-16(18)13-5-6-15(14(17)9-13)20-10-12(3)4/h5-6,9,11-12H,7-8,10H2,1-4H3. The van der Waals surface area contributed by atoms with Crippen LogP contribution in [0.1, 0.15) is 44.5 Å². The molecule has 0 unspecified atom stereocenters. The van der Waals surface area contributed by atoms with Crippen LogP contribution in [0.2, 0.25) is 0 Å². The topological polar surface area (TPSA) is 35.5 Å². The summed E-state index contributed by atoms with van der Waals surface area (Å²) in [6.45, 7) is 9.50. The van der Waals surface area contributed by atoms with E-state index in [9.17, 15) is 4.79 Å². The van der Waals surface area contributed by atoms with Crippen molar-refractivity contribution in [3.8, 4) is 5.75 Å². The number of ether oxygens (including phenoxy) is 2. The van der Waals surface area contributed by atoms with Crippen molar-refractivity contribution in [1.29, 1.82) is 0 Å². The predicted molar refractivity (Wildman–Crippen MR) is 84.2 cm³/mol. The molecule has 0 saturated heterocycles. The van der Waals surface area contributed by atoms with E-state index in [0.29, 0.717) is 30.6 Å². The van der Waals surface area contributed by atoms with Crippen LogP contribution in [0.5, 0.6) is 5.75 Å². The average Bonchev–Trinajstić information content (AvgIpc) is 2.36. The molecule has 0 amide bonds. The molecule has 0 N–H and O–H groups in total. The zero-order valence-corrected chi connectivity index (χ0v) is 14.2. The van der Waals surface area contributed by atoms with E-state index in [1.165, 1.54) is 0 Å². The fourth-order valence-electron chi connectivity index (χ4n) is 1.47. The molecule has 1 aromatic rings. The summed E-state index contributed by atoms with van der Waals surface area (Å²) in [6, 6.07) is 5.27. The highest BCUT2D eigenvalue weighted by Gasteiger charge is 2.11. The molecule has 4 heteroatoms. The predicted octanol–water partition coefficient (Wildman–Crippen LogP) is 4.69. The minimum atomic E-state index is -0.290. The number of hydrogen-bond acceptors (Lipinski definition) is 3. The third-order valence-electron chi connectivity index (χ3n) is 2.67. The molecule has 1 aromatic carbocycles. The maximum atomic E-state index is 11.9. The lowest BCUT2D eigenvalue weighted by Crippen LogP contribution is -2.09. The molecule has 0 aliphatic carbocycles. The van der Waals surface area contributed by atoms with E-state index in [2.05, 4.69) is 43.6 Å². The van der Waals surface area contributed by atoms with E-state index in [1.54, 1.807) is 18.2 Å². The van der Waals surface area contributed by atoms with Gasteiger partial charge in [-0.1, -0.05) is 27.7 Å². The molecule has 3 nitrogen and oxygen atoms in total. The van der Waals surface area contributed by atoms with Gasteiger partial charge in [0.15, 0.2) is 0 Å². The molecule has 0 atom stereocenters. The Labute approximate surface area is 129 Å². The Morgan fingerprint density at radius 3 is 2.45 bits per heavy atom. The van der Waals surface area contributed by atoms with Crippen molar-refractivity contribution < 1.29 is 14.3 Å². The van der Waals surface area contributed by atoms with Gasteiger partial charge in [0.1, 0.15) is 5.75 Å². The number of halogens is 1. The Balaban J connectivity index is 2.59. The molecule has 0 saturated carbocycles. The van der Waals surface area contributed by atoms with Gasteiger partial charge in [0.25, 0.3) is 0 Å². The molecule has 112 valence electrons. The second-order valence-corrected chi connectivity index (χ2v) is 6.52. The molecule has 0 heterocycles. The molecule has 0 radical (unpaired) electrons. The summed E-state index contributed by atoms with van der Waals surface area (Å²) < 4.78 is 11.7. The SMILES string of the molecule is CC(C)CCOC(=O)c1ccc(OCC(C)C)c(Br)c1. The van der Waals surface area contributed by atoms with E-state index >= 15 is 0 Å². The summed E-state index contributed by atoms with van der Waals surface area (Å²) in [7, 11) is 0. The molecule has 0 fully saturated rings. The van der Waals surface area contributed by atoms with E-state index in [4.69, 9.17) is 9.47 Å². The molecule has 0 bridgehead atoms. The average molecular weight is 343 g/mol. The van der Waals surface area contributed by atoms with Gasteiger partial charge in [-0.2, -0.15) is 0 Å². The van der Waals surface area contributed by atoms with Crippen molar-refractivity contribution in [1.82, 2.24) is 0 Å². The minimum Gasteiger partial charge on any atom is -0.492 e. The number of rotatable bonds is 7. The first-order valence-corrected chi connectivity index (χ1v) is 7.79. The number of carbonyl (C=O) groups is 1. The number of carbonyl (C=O) groups excluding carboxylic acids is 1. The number of benzene rings is 1.